The Labute approximate surface area is 177 Å². The Kier molecular flexibility index (Phi) is 12.8. The van der Waals surface area contributed by atoms with Crippen LogP contribution < -0.4 is 16.0 Å². The molecular formula is C18H29Cl2FN4O3. The van der Waals surface area contributed by atoms with Crippen LogP contribution in [0.5, 0.6) is 0 Å². The summed E-state index contributed by atoms with van der Waals surface area (Å²) in [5.74, 6) is -0.407. The molecule has 0 bridgehead atoms. The van der Waals surface area contributed by atoms with E-state index in [4.69, 9.17) is 10.5 Å². The van der Waals surface area contributed by atoms with Crippen molar-refractivity contribution in [1.29, 1.82) is 0 Å². The highest BCUT2D eigenvalue weighted by Gasteiger charge is 2.21. The quantitative estimate of drug-likeness (QED) is 0.636. The van der Waals surface area contributed by atoms with Crippen molar-refractivity contribution >= 4 is 42.3 Å². The summed E-state index contributed by atoms with van der Waals surface area (Å²) in [6, 6.07) is 6.37. The summed E-state index contributed by atoms with van der Waals surface area (Å²) >= 11 is 0. The third kappa shape index (κ3) is 8.18. The van der Waals surface area contributed by atoms with Gasteiger partial charge in [-0.05, 0) is 24.3 Å². The summed E-state index contributed by atoms with van der Waals surface area (Å²) in [5, 5.41) is 2.72. The highest BCUT2D eigenvalue weighted by molar-refractivity contribution is 5.85. The van der Waals surface area contributed by atoms with Crippen LogP contribution in [0, 0.1) is 5.82 Å². The lowest BCUT2D eigenvalue weighted by atomic mass is 10.2. The lowest BCUT2D eigenvalue weighted by Gasteiger charge is -2.36. The number of rotatable bonds is 8. The number of amides is 2. The van der Waals surface area contributed by atoms with Crippen molar-refractivity contribution in [3.63, 3.8) is 0 Å². The largest absolute Gasteiger partial charge is 0.380 e. The summed E-state index contributed by atoms with van der Waals surface area (Å²) in [6.45, 7) is 3.22. The Bertz CT molecular complexity index is 595. The van der Waals surface area contributed by atoms with E-state index in [0.717, 1.165) is 5.69 Å². The normalized spacial score (nSPS) is 14.5. The lowest BCUT2D eigenvalue weighted by molar-refractivity contribution is -0.131. The van der Waals surface area contributed by atoms with Crippen LogP contribution in [0.25, 0.3) is 0 Å². The second kappa shape index (κ2) is 13.5. The van der Waals surface area contributed by atoms with Gasteiger partial charge in [0.2, 0.25) is 11.8 Å². The second-order valence-electron chi connectivity index (χ2n) is 6.24. The fraction of sp³-hybridized carbons (Fsp3) is 0.556. The molecule has 1 atom stereocenters. The predicted octanol–water partition coefficient (Wildman–Crippen LogP) is 1.19. The maximum Gasteiger partial charge on any atom is 0.224 e. The summed E-state index contributed by atoms with van der Waals surface area (Å²) in [4.78, 5) is 27.9. The molecule has 1 unspecified atom stereocenters. The van der Waals surface area contributed by atoms with Gasteiger partial charge in [-0.3, -0.25) is 9.59 Å². The van der Waals surface area contributed by atoms with Gasteiger partial charge in [-0.25, -0.2) is 4.39 Å². The number of nitrogens with one attached hydrogen (secondary N) is 1. The molecular weight excluding hydrogens is 410 g/mol. The molecule has 10 heteroatoms. The first kappa shape index (κ1) is 26.4. The number of nitrogens with two attached hydrogens (primary N) is 1. The van der Waals surface area contributed by atoms with E-state index < -0.39 is 0 Å². The van der Waals surface area contributed by atoms with E-state index in [1.807, 2.05) is 0 Å². The molecule has 0 aliphatic carbocycles. The first-order chi connectivity index (χ1) is 12.5. The Morgan fingerprint density at radius 3 is 2.32 bits per heavy atom. The molecule has 0 radical (unpaired) electrons. The number of piperazine rings is 1. The zero-order chi connectivity index (χ0) is 18.9. The molecule has 2 rings (SSSR count). The molecule has 28 heavy (non-hydrogen) atoms. The van der Waals surface area contributed by atoms with Gasteiger partial charge in [-0.15, -0.1) is 24.8 Å². The number of hydrogen-bond acceptors (Lipinski definition) is 5. The second-order valence-corrected chi connectivity index (χ2v) is 6.24. The fourth-order valence-electron chi connectivity index (χ4n) is 2.87. The number of ether oxygens (including phenoxy) is 1. The van der Waals surface area contributed by atoms with E-state index in [2.05, 4.69) is 10.2 Å². The summed E-state index contributed by atoms with van der Waals surface area (Å²) in [5.41, 5.74) is 6.44. The van der Waals surface area contributed by atoms with Crippen LogP contribution in [0.3, 0.4) is 0 Å². The van der Waals surface area contributed by atoms with Gasteiger partial charge in [0.25, 0.3) is 0 Å². The Morgan fingerprint density at radius 2 is 1.79 bits per heavy atom. The van der Waals surface area contributed by atoms with E-state index in [1.54, 1.807) is 17.0 Å². The van der Waals surface area contributed by atoms with Crippen molar-refractivity contribution < 1.29 is 18.7 Å². The average molecular weight is 439 g/mol. The number of anilines is 1. The minimum absolute atomic E-state index is 0. The topological polar surface area (TPSA) is 87.9 Å². The van der Waals surface area contributed by atoms with Crippen molar-refractivity contribution in [3.05, 3.63) is 30.1 Å². The molecule has 1 saturated heterocycles. The highest BCUT2D eigenvalue weighted by Crippen LogP contribution is 2.17. The molecule has 1 aliphatic heterocycles. The monoisotopic (exact) mass is 438 g/mol. The third-order valence-corrected chi connectivity index (χ3v) is 4.49. The van der Waals surface area contributed by atoms with Crippen LogP contribution in [-0.2, 0) is 14.3 Å². The number of benzene rings is 1. The SMILES string of the molecule is COC(CN)CC(=O)NCCC(=O)N1CCN(c2ccc(F)cc2)CC1.Cl.Cl. The van der Waals surface area contributed by atoms with Gasteiger partial charge in [-0.2, -0.15) is 0 Å². The lowest BCUT2D eigenvalue weighted by Crippen LogP contribution is -2.49. The van der Waals surface area contributed by atoms with Gasteiger partial charge in [0, 0.05) is 58.5 Å². The Balaban J connectivity index is 0.00000364. The van der Waals surface area contributed by atoms with Gasteiger partial charge in [0.05, 0.1) is 12.5 Å². The number of hydrogen-bond donors (Lipinski definition) is 2. The van der Waals surface area contributed by atoms with Gasteiger partial charge >= 0.3 is 0 Å². The molecule has 1 heterocycles. The minimum Gasteiger partial charge on any atom is -0.380 e. The van der Waals surface area contributed by atoms with Crippen LogP contribution in [0.2, 0.25) is 0 Å². The Morgan fingerprint density at radius 1 is 1.18 bits per heavy atom. The minimum atomic E-state index is -0.301. The first-order valence-electron chi connectivity index (χ1n) is 8.81. The first-order valence-corrected chi connectivity index (χ1v) is 8.81. The molecule has 1 aromatic rings. The van der Waals surface area contributed by atoms with Crippen LogP contribution in [0.15, 0.2) is 24.3 Å². The molecule has 1 aliphatic rings. The van der Waals surface area contributed by atoms with Gasteiger partial charge in [0.15, 0.2) is 0 Å². The molecule has 7 nitrogen and oxygen atoms in total. The molecule has 0 saturated carbocycles. The van der Waals surface area contributed by atoms with E-state index in [0.29, 0.717) is 32.7 Å². The summed E-state index contributed by atoms with van der Waals surface area (Å²) in [6.07, 6.45) is 0.158. The summed E-state index contributed by atoms with van der Waals surface area (Å²) in [7, 11) is 1.51. The standard InChI is InChI=1S/C18H27FN4O3.2ClH/c1-26-16(13-20)12-17(24)21-7-6-18(25)23-10-8-22(9-11-23)15-4-2-14(19)3-5-15;;/h2-5,16H,6-13,20H2,1H3,(H,21,24);2*1H. The van der Waals surface area contributed by atoms with Crippen molar-refractivity contribution in [3.8, 4) is 0 Å². The van der Waals surface area contributed by atoms with Crippen LogP contribution in [0.1, 0.15) is 12.8 Å². The number of carbonyl (C=O) groups excluding carboxylic acids is 2. The molecule has 0 spiro atoms. The maximum absolute atomic E-state index is 13.0. The smallest absolute Gasteiger partial charge is 0.224 e. The van der Waals surface area contributed by atoms with E-state index in [1.165, 1.54) is 19.2 Å². The molecule has 3 N–H and O–H groups in total. The number of carbonyl (C=O) groups is 2. The van der Waals surface area contributed by atoms with Gasteiger partial charge in [-0.1, -0.05) is 0 Å². The molecule has 0 aromatic heterocycles. The van der Waals surface area contributed by atoms with Crippen LogP contribution in [0.4, 0.5) is 10.1 Å². The van der Waals surface area contributed by atoms with Gasteiger partial charge in [0.1, 0.15) is 5.82 Å². The molecule has 1 fully saturated rings. The van der Waals surface area contributed by atoms with Crippen molar-refractivity contribution in [2.24, 2.45) is 5.73 Å². The maximum atomic E-state index is 13.0. The van der Waals surface area contributed by atoms with E-state index in [-0.39, 0.29) is 67.9 Å². The van der Waals surface area contributed by atoms with Gasteiger partial charge < -0.3 is 25.6 Å². The van der Waals surface area contributed by atoms with E-state index >= 15 is 0 Å². The molecule has 1 aromatic carbocycles. The highest BCUT2D eigenvalue weighted by atomic mass is 35.5. The zero-order valence-corrected chi connectivity index (χ0v) is 17.6. The number of nitrogens with zero attached hydrogens (tertiary/aromatic N) is 2. The van der Waals surface area contributed by atoms with E-state index in [9.17, 15) is 14.0 Å². The van der Waals surface area contributed by atoms with Crippen molar-refractivity contribution in [2.75, 3.05) is 51.3 Å². The Hall–Kier alpha value is -1.61. The molecule has 2 amide bonds. The average Bonchev–Trinajstić information content (AvgIpc) is 2.66. The van der Waals surface area contributed by atoms with Crippen molar-refractivity contribution in [1.82, 2.24) is 10.2 Å². The van der Waals surface area contributed by atoms with Crippen molar-refractivity contribution in [2.45, 2.75) is 18.9 Å². The molecule has 160 valence electrons. The number of halogens is 3. The third-order valence-electron chi connectivity index (χ3n) is 4.49. The fourth-order valence-corrected chi connectivity index (χ4v) is 2.87. The van der Waals surface area contributed by atoms with Crippen LogP contribution in [-0.4, -0.2) is 69.2 Å². The summed E-state index contributed by atoms with van der Waals surface area (Å²) < 4.78 is 18.1. The zero-order valence-electron chi connectivity index (χ0n) is 15.9. The van der Waals surface area contributed by atoms with Crippen LogP contribution >= 0.6 is 24.8 Å². The number of methoxy groups -OCH3 is 1. The predicted molar refractivity (Wildman–Crippen MR) is 112 cm³/mol.